The first-order valence-electron chi connectivity index (χ1n) is 8.85. The van der Waals surface area contributed by atoms with Gasteiger partial charge in [-0.25, -0.2) is 19.6 Å². The molecule has 1 aliphatic heterocycles. The Morgan fingerprint density at radius 2 is 1.88 bits per heavy atom. The molecule has 1 saturated heterocycles. The topological polar surface area (TPSA) is 66.2 Å². The molecule has 8 heteroatoms. The van der Waals surface area contributed by atoms with Crippen LogP contribution in [0.4, 0.5) is 11.6 Å². The van der Waals surface area contributed by atoms with Gasteiger partial charge in [0.25, 0.3) is 0 Å². The molecule has 4 heterocycles. The average molecular weight is 352 g/mol. The summed E-state index contributed by atoms with van der Waals surface area (Å²) in [6.45, 7) is 4.62. The first-order chi connectivity index (χ1) is 12.6. The smallest absolute Gasteiger partial charge is 0.163 e. The van der Waals surface area contributed by atoms with Crippen LogP contribution in [0.1, 0.15) is 5.69 Å². The Balaban J connectivity index is 1.63. The van der Waals surface area contributed by atoms with Gasteiger partial charge in [-0.1, -0.05) is 6.07 Å². The maximum atomic E-state index is 4.68. The minimum atomic E-state index is 0.588. The SMILES string of the molecule is CN1CCN(c2ncnc3c2cnn3Cc2cccc(N(C)C)n2)CC1. The molecule has 4 rings (SSSR count). The summed E-state index contributed by atoms with van der Waals surface area (Å²) in [6, 6.07) is 6.04. The molecule has 0 aliphatic carbocycles. The molecule has 0 radical (unpaired) electrons. The van der Waals surface area contributed by atoms with Crippen LogP contribution >= 0.6 is 0 Å². The Kier molecular flexibility index (Phi) is 4.42. The van der Waals surface area contributed by atoms with Gasteiger partial charge in [0, 0.05) is 40.3 Å². The van der Waals surface area contributed by atoms with Crippen LogP contribution in [0.15, 0.2) is 30.7 Å². The van der Waals surface area contributed by atoms with Crippen molar-refractivity contribution in [3.05, 3.63) is 36.4 Å². The number of hydrogen-bond acceptors (Lipinski definition) is 7. The predicted octanol–water partition coefficient (Wildman–Crippen LogP) is 1.09. The van der Waals surface area contributed by atoms with E-state index in [0.29, 0.717) is 6.54 Å². The molecule has 0 atom stereocenters. The quantitative estimate of drug-likeness (QED) is 0.696. The van der Waals surface area contributed by atoms with E-state index < -0.39 is 0 Å². The van der Waals surface area contributed by atoms with Crippen molar-refractivity contribution in [2.75, 3.05) is 57.1 Å². The lowest BCUT2D eigenvalue weighted by atomic mass is 10.3. The van der Waals surface area contributed by atoms with Gasteiger partial charge in [-0.15, -0.1) is 0 Å². The Morgan fingerprint density at radius 1 is 1.08 bits per heavy atom. The molecule has 8 nitrogen and oxygen atoms in total. The van der Waals surface area contributed by atoms with Gasteiger partial charge in [-0.2, -0.15) is 5.10 Å². The minimum Gasteiger partial charge on any atom is -0.363 e. The fourth-order valence-corrected chi connectivity index (χ4v) is 3.22. The highest BCUT2D eigenvalue weighted by Crippen LogP contribution is 2.24. The number of hydrogen-bond donors (Lipinski definition) is 0. The van der Waals surface area contributed by atoms with E-state index in [9.17, 15) is 0 Å². The van der Waals surface area contributed by atoms with Gasteiger partial charge in [0.15, 0.2) is 5.65 Å². The number of piperazine rings is 1. The highest BCUT2D eigenvalue weighted by atomic mass is 15.3. The lowest BCUT2D eigenvalue weighted by Crippen LogP contribution is -2.44. The second kappa shape index (κ2) is 6.87. The normalized spacial score (nSPS) is 15.6. The van der Waals surface area contributed by atoms with Crippen molar-refractivity contribution in [3.63, 3.8) is 0 Å². The summed E-state index contributed by atoms with van der Waals surface area (Å²) < 4.78 is 1.90. The Labute approximate surface area is 153 Å². The Morgan fingerprint density at radius 3 is 2.65 bits per heavy atom. The summed E-state index contributed by atoms with van der Waals surface area (Å²) in [5, 5.41) is 5.56. The van der Waals surface area contributed by atoms with Crippen LogP contribution in [-0.2, 0) is 6.54 Å². The summed E-state index contributed by atoms with van der Waals surface area (Å²) in [4.78, 5) is 20.3. The first kappa shape index (κ1) is 16.7. The van der Waals surface area contributed by atoms with Crippen molar-refractivity contribution in [1.29, 1.82) is 0 Å². The zero-order valence-corrected chi connectivity index (χ0v) is 15.5. The summed E-state index contributed by atoms with van der Waals surface area (Å²) in [6.07, 6.45) is 3.51. The standard InChI is InChI=1S/C18H24N8/c1-23(2)16-6-4-5-14(22-16)12-26-18-15(11-21-26)17(19-13-20-18)25-9-7-24(3)8-10-25/h4-6,11,13H,7-10,12H2,1-3H3. The summed E-state index contributed by atoms with van der Waals surface area (Å²) >= 11 is 0. The number of anilines is 2. The number of aromatic nitrogens is 5. The maximum Gasteiger partial charge on any atom is 0.163 e. The zero-order valence-electron chi connectivity index (χ0n) is 15.5. The van der Waals surface area contributed by atoms with Crippen LogP contribution in [0.25, 0.3) is 11.0 Å². The van der Waals surface area contributed by atoms with Gasteiger partial charge in [-0.3, -0.25) is 0 Å². The second-order valence-electron chi connectivity index (χ2n) is 6.91. The Hall–Kier alpha value is -2.74. The molecule has 0 aromatic carbocycles. The van der Waals surface area contributed by atoms with E-state index in [1.165, 1.54) is 0 Å². The average Bonchev–Trinajstić information content (AvgIpc) is 3.06. The van der Waals surface area contributed by atoms with E-state index in [1.807, 2.05) is 48.1 Å². The fraction of sp³-hybridized carbons (Fsp3) is 0.444. The third kappa shape index (κ3) is 3.20. The molecular formula is C18H24N8. The highest BCUT2D eigenvalue weighted by molar-refractivity contribution is 5.86. The third-order valence-corrected chi connectivity index (χ3v) is 4.78. The number of pyridine rings is 1. The molecule has 3 aromatic rings. The molecule has 0 N–H and O–H groups in total. The van der Waals surface area contributed by atoms with Crippen molar-refractivity contribution < 1.29 is 0 Å². The predicted molar refractivity (Wildman–Crippen MR) is 103 cm³/mol. The molecule has 136 valence electrons. The third-order valence-electron chi connectivity index (χ3n) is 4.78. The van der Waals surface area contributed by atoms with E-state index in [2.05, 4.69) is 36.9 Å². The number of likely N-dealkylation sites (N-methyl/N-ethyl adjacent to an activating group) is 1. The monoisotopic (exact) mass is 352 g/mol. The van der Waals surface area contributed by atoms with Crippen molar-refractivity contribution in [2.45, 2.75) is 6.54 Å². The van der Waals surface area contributed by atoms with Gasteiger partial charge < -0.3 is 14.7 Å². The fourth-order valence-electron chi connectivity index (χ4n) is 3.22. The van der Waals surface area contributed by atoms with Crippen molar-refractivity contribution in [2.24, 2.45) is 0 Å². The molecular weight excluding hydrogens is 328 g/mol. The van der Waals surface area contributed by atoms with Gasteiger partial charge in [0.05, 0.1) is 23.8 Å². The summed E-state index contributed by atoms with van der Waals surface area (Å²) in [7, 11) is 6.13. The zero-order chi connectivity index (χ0) is 18.1. The lowest BCUT2D eigenvalue weighted by molar-refractivity contribution is 0.312. The van der Waals surface area contributed by atoms with Crippen molar-refractivity contribution in [3.8, 4) is 0 Å². The lowest BCUT2D eigenvalue weighted by Gasteiger charge is -2.33. The molecule has 0 amide bonds. The molecule has 0 spiro atoms. The van der Waals surface area contributed by atoms with Gasteiger partial charge >= 0.3 is 0 Å². The molecule has 0 saturated carbocycles. The van der Waals surface area contributed by atoms with Crippen molar-refractivity contribution in [1.82, 2.24) is 29.6 Å². The van der Waals surface area contributed by atoms with E-state index >= 15 is 0 Å². The largest absolute Gasteiger partial charge is 0.363 e. The van der Waals surface area contributed by atoms with Gasteiger partial charge in [-0.05, 0) is 19.2 Å². The van der Waals surface area contributed by atoms with Crippen LogP contribution in [-0.4, -0.2) is 77.0 Å². The van der Waals surface area contributed by atoms with Crippen LogP contribution in [0.5, 0.6) is 0 Å². The van der Waals surface area contributed by atoms with E-state index in [0.717, 1.165) is 54.5 Å². The molecule has 1 fully saturated rings. The summed E-state index contributed by atoms with van der Waals surface area (Å²) in [5.74, 6) is 1.91. The number of nitrogens with zero attached hydrogens (tertiary/aromatic N) is 8. The molecule has 3 aromatic heterocycles. The number of fused-ring (bicyclic) bond motifs is 1. The summed E-state index contributed by atoms with van der Waals surface area (Å²) in [5.41, 5.74) is 1.81. The van der Waals surface area contributed by atoms with Crippen LogP contribution in [0.2, 0.25) is 0 Å². The van der Waals surface area contributed by atoms with Crippen LogP contribution in [0.3, 0.4) is 0 Å². The molecule has 0 unspecified atom stereocenters. The first-order valence-corrected chi connectivity index (χ1v) is 8.85. The van der Waals surface area contributed by atoms with Crippen LogP contribution in [0, 0.1) is 0 Å². The Bertz CT molecular complexity index is 895. The maximum absolute atomic E-state index is 4.68. The minimum absolute atomic E-state index is 0.588. The molecule has 26 heavy (non-hydrogen) atoms. The second-order valence-corrected chi connectivity index (χ2v) is 6.91. The van der Waals surface area contributed by atoms with Gasteiger partial charge in [0.1, 0.15) is 18.0 Å². The van der Waals surface area contributed by atoms with E-state index in [4.69, 9.17) is 0 Å². The van der Waals surface area contributed by atoms with E-state index in [1.54, 1.807) is 6.33 Å². The van der Waals surface area contributed by atoms with Crippen molar-refractivity contribution >= 4 is 22.7 Å². The number of rotatable bonds is 4. The molecule has 0 bridgehead atoms. The molecule has 1 aliphatic rings. The highest BCUT2D eigenvalue weighted by Gasteiger charge is 2.19. The van der Waals surface area contributed by atoms with Gasteiger partial charge in [0.2, 0.25) is 0 Å². The van der Waals surface area contributed by atoms with Crippen LogP contribution < -0.4 is 9.80 Å². The van der Waals surface area contributed by atoms with E-state index in [-0.39, 0.29) is 0 Å².